The van der Waals surface area contributed by atoms with Crippen molar-refractivity contribution in [1.82, 2.24) is 5.32 Å². The van der Waals surface area contributed by atoms with Crippen LogP contribution in [0.15, 0.2) is 54.6 Å². The standard InChI is InChI=1S/C19H23N/c1-15(16-7-3-2-4-8-16)13-14-20-19-12-11-17-9-5-6-10-18(17)19/h2-10,15,19-20H,11-14H2,1H3. The predicted molar refractivity (Wildman–Crippen MR) is 85.0 cm³/mol. The SMILES string of the molecule is CC(CCNC1CCc2ccccc21)c1ccccc1. The molecule has 0 saturated heterocycles. The quantitative estimate of drug-likeness (QED) is 0.841. The second-order valence-corrected chi connectivity index (χ2v) is 5.84. The molecule has 0 saturated carbocycles. The molecule has 2 unspecified atom stereocenters. The van der Waals surface area contributed by atoms with E-state index in [0.717, 1.165) is 6.54 Å². The molecule has 0 bridgehead atoms. The Morgan fingerprint density at radius 3 is 2.65 bits per heavy atom. The summed E-state index contributed by atoms with van der Waals surface area (Å²) in [6, 6.07) is 20.2. The third-order valence-electron chi connectivity index (χ3n) is 4.47. The highest BCUT2D eigenvalue weighted by Gasteiger charge is 2.21. The minimum Gasteiger partial charge on any atom is -0.310 e. The smallest absolute Gasteiger partial charge is 0.0326 e. The Hall–Kier alpha value is -1.60. The van der Waals surface area contributed by atoms with E-state index in [9.17, 15) is 0 Å². The maximum Gasteiger partial charge on any atom is 0.0326 e. The van der Waals surface area contributed by atoms with Gasteiger partial charge in [0.2, 0.25) is 0 Å². The molecule has 2 aromatic rings. The average Bonchev–Trinajstić information content (AvgIpc) is 2.92. The van der Waals surface area contributed by atoms with Crippen LogP contribution in [0.4, 0.5) is 0 Å². The van der Waals surface area contributed by atoms with Gasteiger partial charge in [0.25, 0.3) is 0 Å². The van der Waals surface area contributed by atoms with Gasteiger partial charge in [0, 0.05) is 6.04 Å². The molecule has 0 spiro atoms. The van der Waals surface area contributed by atoms with Crippen molar-refractivity contribution in [2.45, 2.75) is 38.1 Å². The molecule has 20 heavy (non-hydrogen) atoms. The van der Waals surface area contributed by atoms with Crippen LogP contribution in [0.2, 0.25) is 0 Å². The molecule has 0 aliphatic heterocycles. The first-order valence-electron chi connectivity index (χ1n) is 7.71. The topological polar surface area (TPSA) is 12.0 Å². The van der Waals surface area contributed by atoms with Gasteiger partial charge in [-0.25, -0.2) is 0 Å². The van der Waals surface area contributed by atoms with Crippen LogP contribution in [-0.4, -0.2) is 6.54 Å². The lowest BCUT2D eigenvalue weighted by Crippen LogP contribution is -2.21. The first-order chi connectivity index (χ1) is 9.84. The second kappa shape index (κ2) is 6.23. The van der Waals surface area contributed by atoms with E-state index in [1.54, 1.807) is 0 Å². The van der Waals surface area contributed by atoms with Crippen molar-refractivity contribution < 1.29 is 0 Å². The fourth-order valence-electron chi connectivity index (χ4n) is 3.19. The predicted octanol–water partition coefficient (Wildman–Crippen LogP) is 4.46. The summed E-state index contributed by atoms with van der Waals surface area (Å²) in [6.07, 6.45) is 3.67. The molecular weight excluding hydrogens is 242 g/mol. The number of aryl methyl sites for hydroxylation is 1. The van der Waals surface area contributed by atoms with Crippen LogP contribution in [-0.2, 0) is 6.42 Å². The van der Waals surface area contributed by atoms with Crippen molar-refractivity contribution in [3.8, 4) is 0 Å². The van der Waals surface area contributed by atoms with E-state index in [-0.39, 0.29) is 0 Å². The molecule has 0 radical (unpaired) electrons. The molecular formula is C19H23N. The Labute approximate surface area is 122 Å². The zero-order valence-electron chi connectivity index (χ0n) is 12.2. The van der Waals surface area contributed by atoms with Gasteiger partial charge in [-0.1, -0.05) is 61.5 Å². The molecule has 3 rings (SSSR count). The van der Waals surface area contributed by atoms with E-state index in [2.05, 4.69) is 66.8 Å². The Morgan fingerprint density at radius 2 is 1.80 bits per heavy atom. The van der Waals surface area contributed by atoms with Gasteiger partial charge in [-0.2, -0.15) is 0 Å². The van der Waals surface area contributed by atoms with Gasteiger partial charge in [-0.15, -0.1) is 0 Å². The third-order valence-corrected chi connectivity index (χ3v) is 4.47. The highest BCUT2D eigenvalue weighted by atomic mass is 14.9. The molecule has 1 N–H and O–H groups in total. The lowest BCUT2D eigenvalue weighted by molar-refractivity contribution is 0.501. The molecule has 2 aromatic carbocycles. The highest BCUT2D eigenvalue weighted by Crippen LogP contribution is 2.30. The monoisotopic (exact) mass is 265 g/mol. The fourth-order valence-corrected chi connectivity index (χ4v) is 3.19. The normalized spacial score (nSPS) is 18.8. The molecule has 1 aliphatic rings. The van der Waals surface area contributed by atoms with E-state index >= 15 is 0 Å². The van der Waals surface area contributed by atoms with Crippen molar-refractivity contribution in [3.63, 3.8) is 0 Å². The average molecular weight is 265 g/mol. The Kier molecular flexibility index (Phi) is 4.17. The van der Waals surface area contributed by atoms with E-state index in [1.807, 2.05) is 0 Å². The van der Waals surface area contributed by atoms with Gasteiger partial charge in [0.1, 0.15) is 0 Å². The van der Waals surface area contributed by atoms with Gasteiger partial charge in [0.15, 0.2) is 0 Å². The van der Waals surface area contributed by atoms with Crippen LogP contribution in [0.25, 0.3) is 0 Å². The first-order valence-corrected chi connectivity index (χ1v) is 7.71. The number of nitrogens with one attached hydrogen (secondary N) is 1. The van der Waals surface area contributed by atoms with Gasteiger partial charge in [-0.3, -0.25) is 0 Å². The number of rotatable bonds is 5. The van der Waals surface area contributed by atoms with Gasteiger partial charge < -0.3 is 5.32 Å². The third kappa shape index (κ3) is 2.94. The second-order valence-electron chi connectivity index (χ2n) is 5.84. The molecule has 104 valence electrons. The van der Waals surface area contributed by atoms with Crippen molar-refractivity contribution in [1.29, 1.82) is 0 Å². The minimum absolute atomic E-state index is 0.564. The van der Waals surface area contributed by atoms with Crippen LogP contribution in [0.3, 0.4) is 0 Å². The minimum atomic E-state index is 0.564. The van der Waals surface area contributed by atoms with Gasteiger partial charge >= 0.3 is 0 Å². The molecule has 2 atom stereocenters. The van der Waals surface area contributed by atoms with Crippen molar-refractivity contribution in [2.75, 3.05) is 6.54 Å². The Morgan fingerprint density at radius 1 is 1.05 bits per heavy atom. The Balaban J connectivity index is 1.52. The summed E-state index contributed by atoms with van der Waals surface area (Å²) >= 11 is 0. The lowest BCUT2D eigenvalue weighted by Gasteiger charge is -2.17. The van der Waals surface area contributed by atoms with Gasteiger partial charge in [0.05, 0.1) is 0 Å². The maximum atomic E-state index is 3.74. The molecule has 0 fully saturated rings. The summed E-state index contributed by atoms with van der Waals surface area (Å²) in [5.74, 6) is 0.625. The number of hydrogen-bond donors (Lipinski definition) is 1. The van der Waals surface area contributed by atoms with E-state index in [4.69, 9.17) is 0 Å². The number of benzene rings is 2. The molecule has 1 heteroatoms. The fraction of sp³-hybridized carbons (Fsp3) is 0.368. The highest BCUT2D eigenvalue weighted by molar-refractivity contribution is 5.34. The van der Waals surface area contributed by atoms with Crippen molar-refractivity contribution >= 4 is 0 Å². The molecule has 0 amide bonds. The van der Waals surface area contributed by atoms with E-state index in [0.29, 0.717) is 12.0 Å². The van der Waals surface area contributed by atoms with Gasteiger partial charge in [-0.05, 0) is 48.4 Å². The van der Waals surface area contributed by atoms with Crippen LogP contribution >= 0.6 is 0 Å². The van der Waals surface area contributed by atoms with Crippen LogP contribution < -0.4 is 5.32 Å². The summed E-state index contributed by atoms with van der Waals surface area (Å²) in [5.41, 5.74) is 4.49. The zero-order chi connectivity index (χ0) is 13.8. The summed E-state index contributed by atoms with van der Waals surface area (Å²) in [6.45, 7) is 3.41. The zero-order valence-corrected chi connectivity index (χ0v) is 12.2. The molecule has 0 heterocycles. The number of hydrogen-bond acceptors (Lipinski definition) is 1. The first kappa shape index (κ1) is 13.4. The Bertz CT molecular complexity index is 547. The van der Waals surface area contributed by atoms with E-state index in [1.165, 1.54) is 36.0 Å². The van der Waals surface area contributed by atoms with Crippen molar-refractivity contribution in [2.24, 2.45) is 0 Å². The van der Waals surface area contributed by atoms with Crippen molar-refractivity contribution in [3.05, 3.63) is 71.3 Å². The van der Waals surface area contributed by atoms with Crippen LogP contribution in [0.1, 0.15) is 48.4 Å². The number of fused-ring (bicyclic) bond motifs is 1. The largest absolute Gasteiger partial charge is 0.310 e. The van der Waals surface area contributed by atoms with Crippen LogP contribution in [0.5, 0.6) is 0 Å². The maximum absolute atomic E-state index is 3.74. The molecule has 1 nitrogen and oxygen atoms in total. The lowest BCUT2D eigenvalue weighted by atomic mass is 9.98. The summed E-state index contributed by atoms with van der Waals surface area (Å²) in [4.78, 5) is 0. The van der Waals surface area contributed by atoms with E-state index < -0.39 is 0 Å². The summed E-state index contributed by atoms with van der Waals surface area (Å²) in [5, 5.41) is 3.74. The van der Waals surface area contributed by atoms with Crippen LogP contribution in [0, 0.1) is 0 Å². The summed E-state index contributed by atoms with van der Waals surface area (Å²) < 4.78 is 0. The molecule has 1 aliphatic carbocycles. The molecule has 0 aromatic heterocycles. The summed E-state index contributed by atoms with van der Waals surface area (Å²) in [7, 11) is 0.